The van der Waals surface area contributed by atoms with E-state index >= 15 is 0 Å². The number of carboxylic acids is 1. The Morgan fingerprint density at radius 1 is 1.40 bits per heavy atom. The summed E-state index contributed by atoms with van der Waals surface area (Å²) >= 11 is 0. The normalized spacial score (nSPS) is 26.5. The topological polar surface area (TPSA) is 40.5 Å². The number of hydrogen-bond acceptors (Lipinski definition) is 2. The van der Waals surface area contributed by atoms with E-state index < -0.39 is 5.97 Å². The van der Waals surface area contributed by atoms with Crippen LogP contribution in [0.25, 0.3) is 0 Å². The van der Waals surface area contributed by atoms with Gasteiger partial charge in [0.25, 0.3) is 0 Å². The maximum atomic E-state index is 10.5. The van der Waals surface area contributed by atoms with Crippen LogP contribution in [0.2, 0.25) is 0 Å². The van der Waals surface area contributed by atoms with Crippen LogP contribution in [0, 0.1) is 11.8 Å². The van der Waals surface area contributed by atoms with E-state index in [0.717, 1.165) is 19.0 Å². The summed E-state index contributed by atoms with van der Waals surface area (Å²) in [6, 6.07) is 0.678. The molecule has 0 spiro atoms. The van der Waals surface area contributed by atoms with Gasteiger partial charge in [-0.1, -0.05) is 12.8 Å². The van der Waals surface area contributed by atoms with Crippen LogP contribution < -0.4 is 0 Å². The predicted octanol–water partition coefficient (Wildman–Crippen LogP) is 1.97. The minimum atomic E-state index is -0.645. The highest BCUT2D eigenvalue weighted by Crippen LogP contribution is 2.33. The van der Waals surface area contributed by atoms with Crippen molar-refractivity contribution in [1.29, 1.82) is 0 Å². The first-order valence-corrected chi connectivity index (χ1v) is 6.12. The number of nitrogens with zero attached hydrogens (tertiary/aromatic N) is 1. The molecule has 0 radical (unpaired) electrons. The zero-order chi connectivity index (χ0) is 10.8. The lowest BCUT2D eigenvalue weighted by Crippen LogP contribution is -2.53. The van der Waals surface area contributed by atoms with Crippen molar-refractivity contribution in [2.75, 3.05) is 13.1 Å². The molecule has 1 aliphatic carbocycles. The molecule has 0 amide bonds. The molecule has 15 heavy (non-hydrogen) atoms. The van der Waals surface area contributed by atoms with Crippen molar-refractivity contribution in [3.05, 3.63) is 0 Å². The van der Waals surface area contributed by atoms with Crippen LogP contribution in [0.5, 0.6) is 0 Å². The lowest BCUT2D eigenvalue weighted by molar-refractivity contribution is -0.140. The van der Waals surface area contributed by atoms with Crippen molar-refractivity contribution >= 4 is 5.97 Å². The molecular formula is C12H21NO2. The number of aliphatic carboxylic acids is 1. The van der Waals surface area contributed by atoms with E-state index in [0.29, 0.717) is 18.4 Å². The van der Waals surface area contributed by atoms with Gasteiger partial charge in [-0.15, -0.1) is 0 Å². The first kappa shape index (κ1) is 10.9. The molecule has 0 bridgehead atoms. The molecule has 1 heterocycles. The fraction of sp³-hybridized carbons (Fsp3) is 0.917. The largest absolute Gasteiger partial charge is 0.481 e. The molecule has 1 saturated heterocycles. The second-order valence-electron chi connectivity index (χ2n) is 5.20. The smallest absolute Gasteiger partial charge is 0.303 e. The average molecular weight is 211 g/mol. The number of hydrogen-bond donors (Lipinski definition) is 1. The van der Waals surface area contributed by atoms with Gasteiger partial charge in [0.1, 0.15) is 0 Å². The molecule has 1 unspecified atom stereocenters. The number of carbonyl (C=O) groups is 1. The van der Waals surface area contributed by atoms with Gasteiger partial charge in [0.2, 0.25) is 0 Å². The summed E-state index contributed by atoms with van der Waals surface area (Å²) in [5, 5.41) is 8.67. The number of carboxylic acid groups (broad SMARTS) is 1. The van der Waals surface area contributed by atoms with Gasteiger partial charge in [0.05, 0.1) is 6.42 Å². The van der Waals surface area contributed by atoms with Crippen molar-refractivity contribution in [3.8, 4) is 0 Å². The third-order valence-corrected chi connectivity index (χ3v) is 4.11. The standard InChI is InChI=1S/C12H21NO2/c1-9(11-4-2-3-5-11)13-7-10(8-13)6-12(14)15/h9-11H,2-8H2,1H3,(H,14,15). The van der Waals surface area contributed by atoms with Gasteiger partial charge < -0.3 is 5.11 Å². The van der Waals surface area contributed by atoms with Gasteiger partial charge in [-0.3, -0.25) is 9.69 Å². The lowest BCUT2D eigenvalue weighted by Gasteiger charge is -2.44. The van der Waals surface area contributed by atoms with E-state index in [1.165, 1.54) is 25.7 Å². The molecule has 86 valence electrons. The Bertz CT molecular complexity index is 230. The molecule has 0 aromatic rings. The fourth-order valence-electron chi connectivity index (χ4n) is 3.06. The molecular weight excluding hydrogens is 190 g/mol. The van der Waals surface area contributed by atoms with E-state index in [-0.39, 0.29) is 0 Å². The summed E-state index contributed by atoms with van der Waals surface area (Å²) in [6.45, 7) is 4.32. The van der Waals surface area contributed by atoms with Gasteiger partial charge in [-0.2, -0.15) is 0 Å². The third kappa shape index (κ3) is 2.51. The number of rotatable bonds is 4. The van der Waals surface area contributed by atoms with E-state index in [1.54, 1.807) is 0 Å². The summed E-state index contributed by atoms with van der Waals surface area (Å²) < 4.78 is 0. The Balaban J connectivity index is 1.71. The van der Waals surface area contributed by atoms with Gasteiger partial charge in [0, 0.05) is 19.1 Å². The van der Waals surface area contributed by atoms with E-state index in [9.17, 15) is 4.79 Å². The molecule has 3 heteroatoms. The Hall–Kier alpha value is -0.570. The van der Waals surface area contributed by atoms with E-state index in [2.05, 4.69) is 11.8 Å². The Labute approximate surface area is 91.5 Å². The summed E-state index contributed by atoms with van der Waals surface area (Å²) in [4.78, 5) is 13.0. The van der Waals surface area contributed by atoms with Crippen molar-refractivity contribution in [2.24, 2.45) is 11.8 Å². The molecule has 1 aliphatic heterocycles. The summed E-state index contributed by atoms with van der Waals surface area (Å²) in [5.74, 6) is 0.635. The molecule has 1 atom stereocenters. The van der Waals surface area contributed by atoms with Crippen molar-refractivity contribution in [2.45, 2.75) is 45.1 Å². The van der Waals surface area contributed by atoms with Crippen LogP contribution in [0.4, 0.5) is 0 Å². The lowest BCUT2D eigenvalue weighted by atomic mass is 9.89. The molecule has 2 aliphatic rings. The highest BCUT2D eigenvalue weighted by atomic mass is 16.4. The van der Waals surface area contributed by atoms with Crippen LogP contribution in [0.15, 0.2) is 0 Å². The highest BCUT2D eigenvalue weighted by Gasteiger charge is 2.35. The maximum absolute atomic E-state index is 10.5. The number of likely N-dealkylation sites (tertiary alicyclic amines) is 1. The molecule has 1 N–H and O–H groups in total. The van der Waals surface area contributed by atoms with Crippen molar-refractivity contribution in [1.82, 2.24) is 4.90 Å². The second-order valence-corrected chi connectivity index (χ2v) is 5.20. The molecule has 2 rings (SSSR count). The quantitative estimate of drug-likeness (QED) is 0.773. The van der Waals surface area contributed by atoms with Gasteiger partial charge in [-0.25, -0.2) is 0 Å². The van der Waals surface area contributed by atoms with Crippen LogP contribution in [-0.4, -0.2) is 35.1 Å². The van der Waals surface area contributed by atoms with Gasteiger partial charge in [-0.05, 0) is 31.6 Å². The molecule has 0 aromatic heterocycles. The van der Waals surface area contributed by atoms with Gasteiger partial charge in [0.15, 0.2) is 0 Å². The van der Waals surface area contributed by atoms with Crippen LogP contribution in [0.1, 0.15) is 39.0 Å². The second kappa shape index (κ2) is 4.52. The summed E-state index contributed by atoms with van der Waals surface area (Å²) in [7, 11) is 0. The van der Waals surface area contributed by atoms with Gasteiger partial charge >= 0.3 is 5.97 Å². The SMILES string of the molecule is CC(C1CCCC1)N1CC(CC(=O)O)C1. The Morgan fingerprint density at radius 2 is 2.00 bits per heavy atom. The maximum Gasteiger partial charge on any atom is 0.303 e. The van der Waals surface area contributed by atoms with Crippen LogP contribution >= 0.6 is 0 Å². The summed E-state index contributed by atoms with van der Waals surface area (Å²) in [6.07, 6.45) is 5.89. The minimum absolute atomic E-state index is 0.355. The van der Waals surface area contributed by atoms with E-state index in [4.69, 9.17) is 5.11 Å². The third-order valence-electron chi connectivity index (χ3n) is 4.11. The Morgan fingerprint density at radius 3 is 2.53 bits per heavy atom. The minimum Gasteiger partial charge on any atom is -0.481 e. The highest BCUT2D eigenvalue weighted by molar-refractivity contribution is 5.67. The molecule has 3 nitrogen and oxygen atoms in total. The average Bonchev–Trinajstić information content (AvgIpc) is 2.61. The molecule has 1 saturated carbocycles. The van der Waals surface area contributed by atoms with E-state index in [1.807, 2.05) is 0 Å². The summed E-state index contributed by atoms with van der Waals surface area (Å²) in [5.41, 5.74) is 0. The van der Waals surface area contributed by atoms with Crippen LogP contribution in [-0.2, 0) is 4.79 Å². The molecule has 0 aromatic carbocycles. The van der Waals surface area contributed by atoms with Crippen LogP contribution in [0.3, 0.4) is 0 Å². The fourth-order valence-corrected chi connectivity index (χ4v) is 3.06. The monoisotopic (exact) mass is 211 g/mol. The van der Waals surface area contributed by atoms with Crippen molar-refractivity contribution < 1.29 is 9.90 Å². The first-order valence-electron chi connectivity index (χ1n) is 6.12. The first-order chi connectivity index (χ1) is 7.16. The zero-order valence-electron chi connectivity index (χ0n) is 9.48. The zero-order valence-corrected chi connectivity index (χ0v) is 9.48. The van der Waals surface area contributed by atoms with Crippen molar-refractivity contribution in [3.63, 3.8) is 0 Å². The predicted molar refractivity (Wildman–Crippen MR) is 58.7 cm³/mol. The Kier molecular flexibility index (Phi) is 3.29. The molecule has 2 fully saturated rings.